The lowest BCUT2D eigenvalue weighted by atomic mass is 10.1. The number of hydrogen-bond donors (Lipinski definition) is 1. The van der Waals surface area contributed by atoms with E-state index in [0.717, 1.165) is 0 Å². The molecule has 1 rings (SSSR count). The van der Waals surface area contributed by atoms with Crippen LogP contribution < -0.4 is 17.7 Å². The second kappa shape index (κ2) is 8.51. The molecular weight excluding hydrogens is 206 g/mol. The smallest absolute Gasteiger partial charge is 0.130 e. The lowest BCUT2D eigenvalue weighted by Gasteiger charge is -2.11. The Balaban J connectivity index is 0.00000196. The van der Waals surface area contributed by atoms with E-state index in [1.165, 1.54) is 24.9 Å². The van der Waals surface area contributed by atoms with Gasteiger partial charge < -0.3 is 17.7 Å². The van der Waals surface area contributed by atoms with Gasteiger partial charge in [0.05, 0.1) is 6.54 Å². The molecule has 84 valence electrons. The zero-order valence-electron chi connectivity index (χ0n) is 9.33. The van der Waals surface area contributed by atoms with Gasteiger partial charge in [0.25, 0.3) is 0 Å². The van der Waals surface area contributed by atoms with Crippen molar-refractivity contribution < 1.29 is 17.7 Å². The van der Waals surface area contributed by atoms with Crippen LogP contribution in [0.15, 0.2) is 43.0 Å². The normalized spacial score (nSPS) is 11.5. The minimum absolute atomic E-state index is 0. The highest BCUT2D eigenvalue weighted by Gasteiger charge is 2.07. The van der Waals surface area contributed by atoms with E-state index in [1.807, 2.05) is 6.08 Å². The summed E-state index contributed by atoms with van der Waals surface area (Å²) in [5.41, 5.74) is 1.35. The molecule has 0 heterocycles. The van der Waals surface area contributed by atoms with Crippen molar-refractivity contribution in [3.8, 4) is 0 Å². The molecule has 0 aliphatic carbocycles. The molecule has 0 fully saturated rings. The fourth-order valence-corrected chi connectivity index (χ4v) is 1.55. The summed E-state index contributed by atoms with van der Waals surface area (Å²) in [5.74, 6) is 0. The first-order valence-electron chi connectivity index (χ1n) is 5.39. The van der Waals surface area contributed by atoms with Gasteiger partial charge in [-0.3, -0.25) is 0 Å². The molecule has 1 nitrogen and oxygen atoms in total. The SMILES string of the molecule is C=CC([NH2+]CCCC)c1ccccc1.[Cl-]. The van der Waals surface area contributed by atoms with Crippen LogP contribution in [-0.2, 0) is 0 Å². The Hall–Kier alpha value is -0.790. The van der Waals surface area contributed by atoms with E-state index in [-0.39, 0.29) is 12.4 Å². The fourth-order valence-electron chi connectivity index (χ4n) is 1.55. The standard InChI is InChI=1S/C13H19N.ClH/c1-3-5-11-14-13(4-2)12-9-7-6-8-10-12;/h4,6-10,13-14H,2-3,5,11H2,1H3;1H. The molecule has 0 spiro atoms. The molecular formula is C13H20ClN. The van der Waals surface area contributed by atoms with E-state index in [4.69, 9.17) is 0 Å². The first-order chi connectivity index (χ1) is 6.88. The van der Waals surface area contributed by atoms with E-state index in [2.05, 4.69) is 49.2 Å². The summed E-state index contributed by atoms with van der Waals surface area (Å²) in [4.78, 5) is 0. The molecule has 15 heavy (non-hydrogen) atoms. The average molecular weight is 226 g/mol. The Kier molecular flexibility index (Phi) is 8.06. The number of halogens is 1. The summed E-state index contributed by atoms with van der Waals surface area (Å²) >= 11 is 0. The summed E-state index contributed by atoms with van der Waals surface area (Å²) in [7, 11) is 0. The second-order valence-corrected chi connectivity index (χ2v) is 3.55. The van der Waals surface area contributed by atoms with Crippen LogP contribution in [0.5, 0.6) is 0 Å². The third kappa shape index (κ3) is 5.01. The lowest BCUT2D eigenvalue weighted by molar-refractivity contribution is -0.685. The van der Waals surface area contributed by atoms with Crippen molar-refractivity contribution in [2.24, 2.45) is 0 Å². The number of nitrogens with two attached hydrogens (primary N) is 1. The van der Waals surface area contributed by atoms with Crippen LogP contribution in [-0.4, -0.2) is 6.54 Å². The Bertz CT molecular complexity index is 258. The molecule has 2 N–H and O–H groups in total. The van der Waals surface area contributed by atoms with Crippen molar-refractivity contribution in [1.82, 2.24) is 0 Å². The van der Waals surface area contributed by atoms with Crippen molar-refractivity contribution in [1.29, 1.82) is 0 Å². The molecule has 0 saturated carbocycles. The summed E-state index contributed by atoms with van der Waals surface area (Å²) in [6.45, 7) is 7.29. The van der Waals surface area contributed by atoms with Crippen LogP contribution in [0.1, 0.15) is 31.4 Å². The van der Waals surface area contributed by atoms with Crippen LogP contribution in [0, 0.1) is 0 Å². The van der Waals surface area contributed by atoms with Gasteiger partial charge in [-0.1, -0.05) is 50.3 Å². The number of unbranched alkanes of at least 4 members (excludes halogenated alkanes) is 1. The van der Waals surface area contributed by atoms with Crippen LogP contribution >= 0.6 is 0 Å². The van der Waals surface area contributed by atoms with E-state index >= 15 is 0 Å². The summed E-state index contributed by atoms with van der Waals surface area (Å²) < 4.78 is 0. The van der Waals surface area contributed by atoms with Gasteiger partial charge in [0.15, 0.2) is 0 Å². The maximum atomic E-state index is 3.88. The largest absolute Gasteiger partial charge is 1.00 e. The van der Waals surface area contributed by atoms with Crippen molar-refractivity contribution in [3.05, 3.63) is 48.6 Å². The minimum Gasteiger partial charge on any atom is -1.00 e. The van der Waals surface area contributed by atoms with Crippen LogP contribution in [0.4, 0.5) is 0 Å². The third-order valence-electron chi connectivity index (χ3n) is 2.42. The zero-order chi connectivity index (χ0) is 10.2. The number of benzene rings is 1. The maximum Gasteiger partial charge on any atom is 0.130 e. The predicted molar refractivity (Wildman–Crippen MR) is 61.1 cm³/mol. The molecule has 0 amide bonds. The average Bonchev–Trinajstić information content (AvgIpc) is 2.26. The molecule has 0 saturated heterocycles. The molecule has 0 bridgehead atoms. The van der Waals surface area contributed by atoms with Crippen LogP contribution in [0.2, 0.25) is 0 Å². The molecule has 0 radical (unpaired) electrons. The van der Waals surface area contributed by atoms with E-state index in [0.29, 0.717) is 6.04 Å². The molecule has 1 aromatic rings. The monoisotopic (exact) mass is 225 g/mol. The predicted octanol–water partition coefficient (Wildman–Crippen LogP) is -0.719. The Morgan fingerprint density at radius 3 is 2.53 bits per heavy atom. The summed E-state index contributed by atoms with van der Waals surface area (Å²) in [5, 5.41) is 2.35. The van der Waals surface area contributed by atoms with Gasteiger partial charge in [-0.15, -0.1) is 0 Å². The molecule has 2 heteroatoms. The quantitative estimate of drug-likeness (QED) is 0.486. The highest BCUT2D eigenvalue weighted by molar-refractivity contribution is 5.19. The van der Waals surface area contributed by atoms with Gasteiger partial charge in [-0.2, -0.15) is 0 Å². The second-order valence-electron chi connectivity index (χ2n) is 3.55. The number of quaternary nitrogens is 1. The fraction of sp³-hybridized carbons (Fsp3) is 0.385. The molecule has 1 aromatic carbocycles. The van der Waals surface area contributed by atoms with Gasteiger partial charge in [-0.05, 0) is 12.5 Å². The summed E-state index contributed by atoms with van der Waals surface area (Å²) in [6, 6.07) is 11.0. The van der Waals surface area contributed by atoms with Crippen molar-refractivity contribution in [3.63, 3.8) is 0 Å². The lowest BCUT2D eigenvalue weighted by Crippen LogP contribution is -3.00. The molecule has 1 atom stereocenters. The van der Waals surface area contributed by atoms with Gasteiger partial charge in [-0.25, -0.2) is 0 Å². The van der Waals surface area contributed by atoms with E-state index in [9.17, 15) is 0 Å². The van der Waals surface area contributed by atoms with Crippen molar-refractivity contribution >= 4 is 0 Å². The Morgan fingerprint density at radius 1 is 1.33 bits per heavy atom. The van der Waals surface area contributed by atoms with Crippen LogP contribution in [0.25, 0.3) is 0 Å². The van der Waals surface area contributed by atoms with E-state index in [1.54, 1.807) is 0 Å². The molecule has 0 aromatic heterocycles. The number of hydrogen-bond acceptors (Lipinski definition) is 0. The van der Waals surface area contributed by atoms with Gasteiger partial charge in [0, 0.05) is 5.56 Å². The molecule has 1 unspecified atom stereocenters. The van der Waals surface area contributed by atoms with E-state index < -0.39 is 0 Å². The topological polar surface area (TPSA) is 16.6 Å². The van der Waals surface area contributed by atoms with Crippen molar-refractivity contribution in [2.75, 3.05) is 6.54 Å². The van der Waals surface area contributed by atoms with Crippen molar-refractivity contribution in [2.45, 2.75) is 25.8 Å². The number of rotatable bonds is 6. The Labute approximate surface area is 99.0 Å². The van der Waals surface area contributed by atoms with Gasteiger partial charge >= 0.3 is 0 Å². The summed E-state index contributed by atoms with van der Waals surface area (Å²) in [6.07, 6.45) is 4.55. The first kappa shape index (κ1) is 14.2. The third-order valence-corrected chi connectivity index (χ3v) is 2.42. The molecule has 0 aliphatic heterocycles. The maximum absolute atomic E-state index is 3.88. The van der Waals surface area contributed by atoms with Crippen LogP contribution in [0.3, 0.4) is 0 Å². The molecule has 0 aliphatic rings. The van der Waals surface area contributed by atoms with Gasteiger partial charge in [0.1, 0.15) is 6.04 Å². The minimum atomic E-state index is 0. The highest BCUT2D eigenvalue weighted by atomic mass is 35.5. The highest BCUT2D eigenvalue weighted by Crippen LogP contribution is 2.08. The first-order valence-corrected chi connectivity index (χ1v) is 5.39. The zero-order valence-corrected chi connectivity index (χ0v) is 10.1. The van der Waals surface area contributed by atoms with Gasteiger partial charge in [0.2, 0.25) is 0 Å². The Morgan fingerprint density at radius 2 is 2.00 bits per heavy atom.